The molecule has 1 aromatic rings. The van der Waals surface area contributed by atoms with Crippen LogP contribution in [-0.4, -0.2) is 32.1 Å². The van der Waals surface area contributed by atoms with Crippen molar-refractivity contribution in [3.8, 4) is 0 Å². The Morgan fingerprint density at radius 2 is 2.06 bits per heavy atom. The summed E-state index contributed by atoms with van der Waals surface area (Å²) in [6.45, 7) is 3.72. The van der Waals surface area contributed by atoms with Gasteiger partial charge >= 0.3 is 5.97 Å². The van der Waals surface area contributed by atoms with Crippen molar-refractivity contribution in [3.63, 3.8) is 0 Å². The van der Waals surface area contributed by atoms with Gasteiger partial charge in [0.15, 0.2) is 0 Å². The van der Waals surface area contributed by atoms with Crippen LogP contribution in [0.25, 0.3) is 0 Å². The quantitative estimate of drug-likeness (QED) is 0.856. The van der Waals surface area contributed by atoms with E-state index >= 15 is 0 Å². The Kier molecular flexibility index (Phi) is 3.71. The fourth-order valence-electron chi connectivity index (χ4n) is 2.80. The molecular formula is C13H20N2O3. The number of hydrogen-bond donors (Lipinski definition) is 2. The number of aryl methyl sites for hydroxylation is 1. The fourth-order valence-corrected chi connectivity index (χ4v) is 2.80. The topological polar surface area (TPSA) is 75.3 Å². The molecule has 2 rings (SSSR count). The monoisotopic (exact) mass is 252 g/mol. The number of carboxylic acid groups (broad SMARTS) is 1. The van der Waals surface area contributed by atoms with Crippen molar-refractivity contribution >= 4 is 5.97 Å². The van der Waals surface area contributed by atoms with Crippen LogP contribution in [-0.2, 0) is 11.2 Å². The standard InChI is InChI=1S/C13H20N2O3/c1-8-10(7-13(17)18)9(2)15(14-8)11-5-3-4-6-12(11)16/h11-12,16H,3-7H2,1-2H3,(H,17,18). The Bertz CT molecular complexity index is 453. The first-order valence-electron chi connectivity index (χ1n) is 6.45. The number of aliphatic hydroxyl groups excluding tert-OH is 1. The summed E-state index contributed by atoms with van der Waals surface area (Å²) in [6, 6.07) is -0.00000472. The largest absolute Gasteiger partial charge is 0.481 e. The van der Waals surface area contributed by atoms with Gasteiger partial charge in [-0.2, -0.15) is 5.10 Å². The SMILES string of the molecule is Cc1nn(C2CCCCC2O)c(C)c1CC(=O)O. The fraction of sp³-hybridized carbons (Fsp3) is 0.692. The third-order valence-electron chi connectivity index (χ3n) is 3.81. The lowest BCUT2D eigenvalue weighted by Crippen LogP contribution is -2.29. The van der Waals surface area contributed by atoms with Gasteiger partial charge in [0, 0.05) is 11.3 Å². The molecular weight excluding hydrogens is 232 g/mol. The Labute approximate surface area is 106 Å². The maximum atomic E-state index is 10.8. The molecule has 0 amide bonds. The molecule has 100 valence electrons. The zero-order chi connectivity index (χ0) is 13.3. The molecule has 2 N–H and O–H groups in total. The molecule has 2 unspecified atom stereocenters. The van der Waals surface area contributed by atoms with Gasteiger partial charge in [-0.3, -0.25) is 9.48 Å². The minimum absolute atomic E-state index is 0.00000472. The molecule has 0 aromatic carbocycles. The molecule has 1 saturated carbocycles. The van der Waals surface area contributed by atoms with Gasteiger partial charge < -0.3 is 10.2 Å². The summed E-state index contributed by atoms with van der Waals surface area (Å²) < 4.78 is 1.83. The van der Waals surface area contributed by atoms with E-state index in [-0.39, 0.29) is 18.6 Å². The molecule has 0 radical (unpaired) electrons. The van der Waals surface area contributed by atoms with Crippen molar-refractivity contribution < 1.29 is 15.0 Å². The highest BCUT2D eigenvalue weighted by molar-refractivity contribution is 5.70. The van der Waals surface area contributed by atoms with E-state index in [2.05, 4.69) is 5.10 Å². The predicted molar refractivity (Wildman–Crippen MR) is 66.6 cm³/mol. The van der Waals surface area contributed by atoms with Crippen LogP contribution in [0.15, 0.2) is 0 Å². The molecule has 0 spiro atoms. The number of rotatable bonds is 3. The number of carbonyl (C=O) groups is 1. The number of nitrogens with zero attached hydrogens (tertiary/aromatic N) is 2. The molecule has 0 aliphatic heterocycles. The number of aliphatic carboxylic acids is 1. The van der Waals surface area contributed by atoms with Gasteiger partial charge in [-0.1, -0.05) is 12.8 Å². The maximum absolute atomic E-state index is 10.8. The minimum Gasteiger partial charge on any atom is -0.481 e. The molecule has 2 atom stereocenters. The first-order chi connectivity index (χ1) is 8.50. The molecule has 5 heteroatoms. The second-order valence-electron chi connectivity index (χ2n) is 5.08. The van der Waals surface area contributed by atoms with E-state index in [1.54, 1.807) is 0 Å². The van der Waals surface area contributed by atoms with Crippen LogP contribution in [0.2, 0.25) is 0 Å². The predicted octanol–water partition coefficient (Wildman–Crippen LogP) is 1.60. The molecule has 18 heavy (non-hydrogen) atoms. The van der Waals surface area contributed by atoms with Gasteiger partial charge in [-0.25, -0.2) is 0 Å². The van der Waals surface area contributed by atoms with E-state index in [0.29, 0.717) is 0 Å². The first kappa shape index (κ1) is 13.1. The first-order valence-corrected chi connectivity index (χ1v) is 6.45. The molecule has 0 bridgehead atoms. The number of hydrogen-bond acceptors (Lipinski definition) is 3. The third-order valence-corrected chi connectivity index (χ3v) is 3.81. The lowest BCUT2D eigenvalue weighted by atomic mass is 9.92. The average molecular weight is 252 g/mol. The maximum Gasteiger partial charge on any atom is 0.307 e. The smallest absolute Gasteiger partial charge is 0.307 e. The molecule has 1 fully saturated rings. The van der Waals surface area contributed by atoms with Crippen LogP contribution < -0.4 is 0 Å². The summed E-state index contributed by atoms with van der Waals surface area (Å²) in [7, 11) is 0. The van der Waals surface area contributed by atoms with Gasteiger partial charge in [-0.15, -0.1) is 0 Å². The molecule has 5 nitrogen and oxygen atoms in total. The summed E-state index contributed by atoms with van der Waals surface area (Å²) in [6.07, 6.45) is 3.50. The lowest BCUT2D eigenvalue weighted by Gasteiger charge is -2.28. The van der Waals surface area contributed by atoms with Gasteiger partial charge in [-0.05, 0) is 26.7 Å². The van der Waals surface area contributed by atoms with Crippen molar-refractivity contribution in [2.45, 2.75) is 58.1 Å². The minimum atomic E-state index is -0.843. The van der Waals surface area contributed by atoms with E-state index in [0.717, 1.165) is 42.6 Å². The summed E-state index contributed by atoms with van der Waals surface area (Å²) >= 11 is 0. The second kappa shape index (κ2) is 5.10. The molecule has 1 aromatic heterocycles. The second-order valence-corrected chi connectivity index (χ2v) is 5.08. The summed E-state index contributed by atoms with van der Waals surface area (Å²) in [5, 5.41) is 23.4. The summed E-state index contributed by atoms with van der Waals surface area (Å²) in [5.41, 5.74) is 2.41. The van der Waals surface area contributed by atoms with Crippen LogP contribution in [0.5, 0.6) is 0 Å². The highest BCUT2D eigenvalue weighted by Crippen LogP contribution is 2.30. The van der Waals surface area contributed by atoms with Crippen molar-refractivity contribution in [2.75, 3.05) is 0 Å². The summed E-state index contributed by atoms with van der Waals surface area (Å²) in [5.74, 6) is -0.843. The molecule has 1 aliphatic rings. The number of aromatic nitrogens is 2. The van der Waals surface area contributed by atoms with Gasteiger partial charge in [0.05, 0.1) is 24.3 Å². The van der Waals surface area contributed by atoms with Crippen molar-refractivity contribution in [1.82, 2.24) is 9.78 Å². The Morgan fingerprint density at radius 1 is 1.39 bits per heavy atom. The van der Waals surface area contributed by atoms with Gasteiger partial charge in [0.25, 0.3) is 0 Å². The lowest BCUT2D eigenvalue weighted by molar-refractivity contribution is -0.136. The van der Waals surface area contributed by atoms with Crippen molar-refractivity contribution in [1.29, 1.82) is 0 Å². The van der Waals surface area contributed by atoms with Crippen LogP contribution >= 0.6 is 0 Å². The van der Waals surface area contributed by atoms with E-state index in [4.69, 9.17) is 5.11 Å². The number of carboxylic acids is 1. The number of aliphatic hydroxyl groups is 1. The normalized spacial score (nSPS) is 24.2. The van der Waals surface area contributed by atoms with Crippen molar-refractivity contribution in [2.24, 2.45) is 0 Å². The van der Waals surface area contributed by atoms with E-state index in [1.807, 2.05) is 18.5 Å². The molecule has 1 heterocycles. The van der Waals surface area contributed by atoms with Crippen LogP contribution in [0, 0.1) is 13.8 Å². The van der Waals surface area contributed by atoms with E-state index < -0.39 is 5.97 Å². The van der Waals surface area contributed by atoms with E-state index in [1.165, 1.54) is 0 Å². The van der Waals surface area contributed by atoms with Gasteiger partial charge in [0.2, 0.25) is 0 Å². The zero-order valence-corrected chi connectivity index (χ0v) is 10.9. The van der Waals surface area contributed by atoms with Gasteiger partial charge in [0.1, 0.15) is 0 Å². The Balaban J connectivity index is 2.31. The van der Waals surface area contributed by atoms with Crippen molar-refractivity contribution in [3.05, 3.63) is 17.0 Å². The van der Waals surface area contributed by atoms with Crippen LogP contribution in [0.1, 0.15) is 48.7 Å². The Morgan fingerprint density at radius 3 is 2.67 bits per heavy atom. The molecule has 0 saturated heterocycles. The highest BCUT2D eigenvalue weighted by atomic mass is 16.4. The zero-order valence-electron chi connectivity index (χ0n) is 10.9. The molecule has 1 aliphatic carbocycles. The average Bonchev–Trinajstić information content (AvgIpc) is 2.57. The van der Waals surface area contributed by atoms with Crippen LogP contribution in [0.4, 0.5) is 0 Å². The summed E-state index contributed by atoms with van der Waals surface area (Å²) in [4.78, 5) is 10.8. The van der Waals surface area contributed by atoms with Crippen LogP contribution in [0.3, 0.4) is 0 Å². The third kappa shape index (κ3) is 2.41. The highest BCUT2D eigenvalue weighted by Gasteiger charge is 2.28. The van der Waals surface area contributed by atoms with E-state index in [9.17, 15) is 9.90 Å². The Hall–Kier alpha value is -1.36.